The zero-order valence-electron chi connectivity index (χ0n) is 17.0. The zero-order valence-corrected chi connectivity index (χ0v) is 17.0. The standard InChI is InChI=1S/C21H17F11/c1-10-11-7-5-6-8-12(11)14(9-13(10)15(2,3)4)16(22)17(23,24)19(27,28)21(31,32)20(29,30)18(16,25)26/h5-9H,1-4H3. The number of alkyl halides is 11. The van der Waals surface area contributed by atoms with Crippen molar-refractivity contribution < 1.29 is 48.3 Å². The normalized spacial score (nSPS) is 25.0. The van der Waals surface area contributed by atoms with Gasteiger partial charge in [-0.3, -0.25) is 0 Å². The molecule has 0 nitrogen and oxygen atoms in total. The van der Waals surface area contributed by atoms with Gasteiger partial charge in [0.15, 0.2) is 0 Å². The molecule has 1 saturated carbocycles. The molecule has 0 N–H and O–H groups in total. The number of halogens is 11. The molecule has 0 radical (unpaired) electrons. The number of rotatable bonds is 1. The molecular weight excluding hydrogens is 461 g/mol. The van der Waals surface area contributed by atoms with Crippen molar-refractivity contribution >= 4 is 10.8 Å². The molecule has 0 saturated heterocycles. The lowest BCUT2D eigenvalue weighted by atomic mass is 9.67. The van der Waals surface area contributed by atoms with Crippen LogP contribution in [-0.2, 0) is 11.1 Å². The van der Waals surface area contributed by atoms with Gasteiger partial charge in [-0.05, 0) is 34.2 Å². The minimum absolute atomic E-state index is 0.0983. The minimum Gasteiger partial charge on any atom is -0.225 e. The van der Waals surface area contributed by atoms with Gasteiger partial charge in [0.1, 0.15) is 0 Å². The summed E-state index contributed by atoms with van der Waals surface area (Å²) in [5.74, 6) is -35.4. The lowest BCUT2D eigenvalue weighted by molar-refractivity contribution is -0.489. The maximum absolute atomic E-state index is 15.8. The van der Waals surface area contributed by atoms with Gasteiger partial charge in [0.05, 0.1) is 0 Å². The summed E-state index contributed by atoms with van der Waals surface area (Å²) in [6, 6.07) is 4.66. The number of hydrogen-bond donors (Lipinski definition) is 0. The van der Waals surface area contributed by atoms with E-state index in [0.29, 0.717) is 6.07 Å². The molecule has 0 aromatic heterocycles. The predicted molar refractivity (Wildman–Crippen MR) is 94.9 cm³/mol. The molecule has 1 aliphatic carbocycles. The Hall–Kier alpha value is -2.07. The summed E-state index contributed by atoms with van der Waals surface area (Å²) < 4.78 is 158. The van der Waals surface area contributed by atoms with Crippen LogP contribution in [0.3, 0.4) is 0 Å². The Balaban J connectivity index is 2.59. The van der Waals surface area contributed by atoms with E-state index in [-0.39, 0.29) is 16.5 Å². The number of fused-ring (bicyclic) bond motifs is 1. The second kappa shape index (κ2) is 6.28. The first-order chi connectivity index (χ1) is 14.1. The van der Waals surface area contributed by atoms with Crippen molar-refractivity contribution in [2.75, 3.05) is 0 Å². The molecule has 2 aromatic rings. The van der Waals surface area contributed by atoms with Crippen molar-refractivity contribution in [1.29, 1.82) is 0 Å². The smallest absolute Gasteiger partial charge is 0.225 e. The van der Waals surface area contributed by atoms with Crippen LogP contribution in [0.5, 0.6) is 0 Å². The Morgan fingerprint density at radius 1 is 0.594 bits per heavy atom. The highest BCUT2D eigenvalue weighted by Gasteiger charge is 3.01. The van der Waals surface area contributed by atoms with E-state index in [1.807, 2.05) is 0 Å². The van der Waals surface area contributed by atoms with E-state index in [1.54, 1.807) is 0 Å². The molecule has 178 valence electrons. The van der Waals surface area contributed by atoms with Crippen LogP contribution in [0.25, 0.3) is 10.8 Å². The SMILES string of the molecule is Cc1c(C(C)(C)C)cc(C2(F)C(F)(F)C(F)(F)C(F)(F)C(F)(F)C2(F)F)c2ccccc12. The van der Waals surface area contributed by atoms with Gasteiger partial charge in [0.25, 0.3) is 5.67 Å². The molecule has 0 bridgehead atoms. The second-order valence-electron chi connectivity index (χ2n) is 8.92. The maximum Gasteiger partial charge on any atom is 0.384 e. The van der Waals surface area contributed by atoms with Crippen LogP contribution >= 0.6 is 0 Å². The largest absolute Gasteiger partial charge is 0.384 e. The quantitative estimate of drug-likeness (QED) is 0.367. The molecule has 0 unspecified atom stereocenters. The molecular formula is C21H17F11. The molecule has 1 fully saturated rings. The minimum atomic E-state index is -7.24. The fourth-order valence-corrected chi connectivity index (χ4v) is 4.14. The summed E-state index contributed by atoms with van der Waals surface area (Å²) in [5.41, 5.74) is -9.02. The van der Waals surface area contributed by atoms with E-state index in [4.69, 9.17) is 0 Å². The average molecular weight is 478 g/mol. The van der Waals surface area contributed by atoms with E-state index < -0.39 is 51.6 Å². The fraction of sp³-hybridized carbons (Fsp3) is 0.524. The van der Waals surface area contributed by atoms with Crippen LogP contribution in [0.15, 0.2) is 30.3 Å². The Morgan fingerprint density at radius 3 is 1.38 bits per heavy atom. The van der Waals surface area contributed by atoms with Gasteiger partial charge in [-0.25, -0.2) is 4.39 Å². The molecule has 0 spiro atoms. The molecule has 0 amide bonds. The van der Waals surface area contributed by atoms with Gasteiger partial charge >= 0.3 is 29.6 Å². The van der Waals surface area contributed by atoms with Crippen LogP contribution in [0.2, 0.25) is 0 Å². The monoisotopic (exact) mass is 478 g/mol. The van der Waals surface area contributed by atoms with Gasteiger partial charge in [-0.15, -0.1) is 0 Å². The molecule has 3 rings (SSSR count). The van der Waals surface area contributed by atoms with Crippen molar-refractivity contribution in [2.45, 2.75) is 68.4 Å². The van der Waals surface area contributed by atoms with Crippen molar-refractivity contribution in [3.8, 4) is 0 Å². The topological polar surface area (TPSA) is 0 Å². The van der Waals surface area contributed by atoms with Crippen molar-refractivity contribution in [1.82, 2.24) is 0 Å². The number of hydrogen-bond acceptors (Lipinski definition) is 0. The van der Waals surface area contributed by atoms with Crippen molar-refractivity contribution in [2.24, 2.45) is 0 Å². The summed E-state index contributed by atoms with van der Waals surface area (Å²) in [7, 11) is 0. The summed E-state index contributed by atoms with van der Waals surface area (Å²) in [5, 5.41) is -0.973. The highest BCUT2D eigenvalue weighted by atomic mass is 19.4. The van der Waals surface area contributed by atoms with Crippen LogP contribution in [-0.4, -0.2) is 29.6 Å². The van der Waals surface area contributed by atoms with E-state index >= 15 is 4.39 Å². The third-order valence-electron chi connectivity index (χ3n) is 5.94. The van der Waals surface area contributed by atoms with Gasteiger partial charge in [0, 0.05) is 5.56 Å². The lowest BCUT2D eigenvalue weighted by Crippen LogP contribution is -2.82. The van der Waals surface area contributed by atoms with Crippen molar-refractivity contribution in [3.63, 3.8) is 0 Å². The van der Waals surface area contributed by atoms with Gasteiger partial charge < -0.3 is 0 Å². The predicted octanol–water partition coefficient (Wildman–Crippen LogP) is 7.80. The molecule has 2 aromatic carbocycles. The average Bonchev–Trinajstić information content (AvgIpc) is 2.65. The fourth-order valence-electron chi connectivity index (χ4n) is 4.14. The molecule has 0 atom stereocenters. The highest BCUT2D eigenvalue weighted by molar-refractivity contribution is 5.91. The van der Waals surface area contributed by atoms with Gasteiger partial charge in [-0.1, -0.05) is 51.1 Å². The third kappa shape index (κ3) is 2.45. The summed E-state index contributed by atoms with van der Waals surface area (Å²) in [4.78, 5) is 0. The molecule has 11 heteroatoms. The first-order valence-electron chi connectivity index (χ1n) is 9.23. The highest BCUT2D eigenvalue weighted by Crippen LogP contribution is 2.72. The molecule has 32 heavy (non-hydrogen) atoms. The van der Waals surface area contributed by atoms with E-state index in [2.05, 4.69) is 0 Å². The molecule has 0 aliphatic heterocycles. The third-order valence-corrected chi connectivity index (χ3v) is 5.94. The Labute approximate surface area is 175 Å². The van der Waals surface area contributed by atoms with E-state index in [1.165, 1.54) is 33.8 Å². The Kier molecular flexibility index (Phi) is 4.82. The van der Waals surface area contributed by atoms with Gasteiger partial charge in [-0.2, -0.15) is 43.9 Å². The molecule has 1 aliphatic rings. The lowest BCUT2D eigenvalue weighted by Gasteiger charge is -2.53. The summed E-state index contributed by atoms with van der Waals surface area (Å²) in [6.07, 6.45) is 0. The van der Waals surface area contributed by atoms with Crippen molar-refractivity contribution in [3.05, 3.63) is 47.0 Å². The maximum atomic E-state index is 15.8. The van der Waals surface area contributed by atoms with Crippen LogP contribution in [0.4, 0.5) is 48.3 Å². The van der Waals surface area contributed by atoms with E-state index in [9.17, 15) is 43.9 Å². The first-order valence-corrected chi connectivity index (χ1v) is 9.23. The Bertz CT molecular complexity index is 1050. The number of aryl methyl sites for hydroxylation is 1. The second-order valence-corrected chi connectivity index (χ2v) is 8.92. The zero-order chi connectivity index (χ0) is 24.9. The summed E-state index contributed by atoms with van der Waals surface area (Å²) >= 11 is 0. The summed E-state index contributed by atoms with van der Waals surface area (Å²) in [6.45, 7) is 5.76. The van der Waals surface area contributed by atoms with Crippen LogP contribution < -0.4 is 0 Å². The molecule has 0 heterocycles. The van der Waals surface area contributed by atoms with Gasteiger partial charge in [0.2, 0.25) is 0 Å². The number of benzene rings is 2. The Morgan fingerprint density at radius 2 is 0.969 bits per heavy atom. The van der Waals surface area contributed by atoms with Crippen LogP contribution in [0, 0.1) is 6.92 Å². The van der Waals surface area contributed by atoms with Crippen LogP contribution in [0.1, 0.15) is 37.5 Å². The van der Waals surface area contributed by atoms with E-state index in [0.717, 1.165) is 18.2 Å². The first kappa shape index (κ1) is 24.6.